The summed E-state index contributed by atoms with van der Waals surface area (Å²) in [5.74, 6) is -0.932. The Labute approximate surface area is 211 Å². The van der Waals surface area contributed by atoms with Crippen LogP contribution < -0.4 is 5.32 Å². The Bertz CT molecular complexity index is 1390. The zero-order chi connectivity index (χ0) is 24.6. The molecule has 6 rings (SSSR count). The molecule has 2 aromatic rings. The van der Waals surface area contributed by atoms with E-state index < -0.39 is 23.4 Å². The number of carbonyl (C=O) groups is 2. The van der Waals surface area contributed by atoms with Crippen LogP contribution in [0.1, 0.15) is 31.0 Å². The standard InChI is InChI=1S/C26H21Cl2FN4O2/c1-13-18(29)11-26(2)22-20(13)30-19(34)12-32(22)25(35)33-23(26)21(14-6-8-16(27)9-7-14)31-24(33)15-4-3-5-17(28)10-15/h3-11,13,21,23H,12H2,1-2H3,(H,30,34). The lowest BCUT2D eigenvalue weighted by atomic mass is 9.67. The predicted octanol–water partition coefficient (Wildman–Crippen LogP) is 5.45. The first-order valence-electron chi connectivity index (χ1n) is 11.3. The first kappa shape index (κ1) is 22.3. The summed E-state index contributed by atoms with van der Waals surface area (Å²) in [6.07, 6.45) is 1.59. The topological polar surface area (TPSA) is 65.0 Å². The van der Waals surface area contributed by atoms with E-state index in [2.05, 4.69) is 5.32 Å². The van der Waals surface area contributed by atoms with Crippen LogP contribution in [-0.2, 0) is 4.79 Å². The zero-order valence-electron chi connectivity index (χ0n) is 18.9. The van der Waals surface area contributed by atoms with Crippen molar-refractivity contribution in [1.29, 1.82) is 0 Å². The highest BCUT2D eigenvalue weighted by Gasteiger charge is 2.61. The van der Waals surface area contributed by atoms with E-state index in [1.54, 1.807) is 48.2 Å². The van der Waals surface area contributed by atoms with Crippen LogP contribution in [-0.4, -0.2) is 40.2 Å². The third-order valence-electron chi connectivity index (χ3n) is 7.31. The molecule has 0 radical (unpaired) electrons. The molecule has 1 N–H and O–H groups in total. The number of halogens is 3. The Morgan fingerprint density at radius 1 is 1.11 bits per heavy atom. The summed E-state index contributed by atoms with van der Waals surface area (Å²) in [6.45, 7) is 3.45. The highest BCUT2D eigenvalue weighted by Crippen LogP contribution is 2.56. The Kier molecular flexibility index (Phi) is 4.89. The first-order valence-corrected chi connectivity index (χ1v) is 12.1. The summed E-state index contributed by atoms with van der Waals surface area (Å²) in [6, 6.07) is 13.0. The first-order chi connectivity index (χ1) is 16.7. The Morgan fingerprint density at radius 2 is 1.86 bits per heavy atom. The number of nitrogens with zero attached hydrogens (tertiary/aromatic N) is 3. The van der Waals surface area contributed by atoms with Crippen LogP contribution in [0.3, 0.4) is 0 Å². The van der Waals surface area contributed by atoms with Crippen LogP contribution >= 0.6 is 23.2 Å². The normalized spacial score (nSPS) is 29.5. The molecule has 3 amide bonds. The summed E-state index contributed by atoms with van der Waals surface area (Å²) in [5.41, 5.74) is 1.61. The fourth-order valence-electron chi connectivity index (χ4n) is 5.75. The van der Waals surface area contributed by atoms with Crippen LogP contribution in [0.25, 0.3) is 0 Å². The summed E-state index contributed by atoms with van der Waals surface area (Å²) >= 11 is 12.4. The number of rotatable bonds is 2. The van der Waals surface area contributed by atoms with E-state index in [0.29, 0.717) is 32.8 Å². The van der Waals surface area contributed by atoms with Gasteiger partial charge >= 0.3 is 6.03 Å². The van der Waals surface area contributed by atoms with E-state index in [1.807, 2.05) is 25.1 Å². The van der Waals surface area contributed by atoms with Crippen molar-refractivity contribution in [1.82, 2.24) is 15.1 Å². The lowest BCUT2D eigenvalue weighted by Gasteiger charge is -2.54. The van der Waals surface area contributed by atoms with Crippen molar-refractivity contribution < 1.29 is 14.0 Å². The number of benzene rings is 2. The van der Waals surface area contributed by atoms with Gasteiger partial charge in [-0.1, -0.05) is 54.4 Å². The smallest absolute Gasteiger partial charge is 0.326 e. The Morgan fingerprint density at radius 3 is 2.57 bits per heavy atom. The maximum atomic E-state index is 15.4. The number of fused-ring (bicyclic) bond motifs is 2. The molecule has 9 heteroatoms. The van der Waals surface area contributed by atoms with Crippen molar-refractivity contribution in [3.05, 3.63) is 93.0 Å². The summed E-state index contributed by atoms with van der Waals surface area (Å²) < 4.78 is 15.4. The highest BCUT2D eigenvalue weighted by atomic mass is 35.5. The molecule has 0 spiro atoms. The summed E-state index contributed by atoms with van der Waals surface area (Å²) in [5, 5.41) is 3.93. The van der Waals surface area contributed by atoms with E-state index in [4.69, 9.17) is 28.2 Å². The second kappa shape index (κ2) is 7.67. The highest BCUT2D eigenvalue weighted by molar-refractivity contribution is 6.31. The van der Waals surface area contributed by atoms with Crippen molar-refractivity contribution in [2.45, 2.75) is 25.9 Å². The van der Waals surface area contributed by atoms with Gasteiger partial charge in [-0.15, -0.1) is 0 Å². The fourth-order valence-corrected chi connectivity index (χ4v) is 6.07. The molecule has 6 nitrogen and oxygen atoms in total. The minimum atomic E-state index is -0.957. The van der Waals surface area contributed by atoms with Gasteiger partial charge in [-0.25, -0.2) is 9.18 Å². The van der Waals surface area contributed by atoms with E-state index in [0.717, 1.165) is 5.56 Å². The van der Waals surface area contributed by atoms with E-state index in [9.17, 15) is 9.59 Å². The van der Waals surface area contributed by atoms with Gasteiger partial charge in [0, 0.05) is 27.2 Å². The van der Waals surface area contributed by atoms with Crippen LogP contribution in [0, 0.1) is 11.3 Å². The molecule has 1 fully saturated rings. The number of aliphatic imine (C=N–C) groups is 1. The molecule has 1 aliphatic carbocycles. The molecule has 178 valence electrons. The van der Waals surface area contributed by atoms with Gasteiger partial charge in [0.05, 0.1) is 23.2 Å². The molecule has 4 atom stereocenters. The molecular formula is C26H21Cl2FN4O2. The van der Waals surface area contributed by atoms with Gasteiger partial charge in [0.25, 0.3) is 0 Å². The van der Waals surface area contributed by atoms with Gasteiger partial charge in [-0.2, -0.15) is 0 Å². The van der Waals surface area contributed by atoms with E-state index >= 15 is 4.39 Å². The third kappa shape index (κ3) is 3.18. The van der Waals surface area contributed by atoms with Gasteiger partial charge < -0.3 is 5.32 Å². The third-order valence-corrected chi connectivity index (χ3v) is 7.80. The molecule has 3 aliphatic heterocycles. The quantitative estimate of drug-likeness (QED) is 0.583. The molecule has 0 bridgehead atoms. The molecule has 1 saturated heterocycles. The van der Waals surface area contributed by atoms with Gasteiger partial charge in [0.15, 0.2) is 0 Å². The Balaban J connectivity index is 1.61. The predicted molar refractivity (Wildman–Crippen MR) is 132 cm³/mol. The van der Waals surface area contributed by atoms with Gasteiger partial charge in [-0.3, -0.25) is 19.6 Å². The second-order valence-corrected chi connectivity index (χ2v) is 10.4. The van der Waals surface area contributed by atoms with E-state index in [1.165, 1.54) is 4.90 Å². The van der Waals surface area contributed by atoms with Crippen LogP contribution in [0.15, 0.2) is 76.8 Å². The maximum Gasteiger partial charge on any atom is 0.330 e. The molecule has 0 aromatic heterocycles. The minimum Gasteiger partial charge on any atom is -0.326 e. The lowest BCUT2D eigenvalue weighted by Crippen LogP contribution is -2.66. The van der Waals surface area contributed by atoms with Gasteiger partial charge in [-0.05, 0) is 42.8 Å². The number of nitrogens with one attached hydrogen (secondary N) is 1. The Hall–Kier alpha value is -3.16. The number of hydrogen-bond donors (Lipinski definition) is 1. The van der Waals surface area contributed by atoms with Crippen LogP contribution in [0.4, 0.5) is 9.18 Å². The van der Waals surface area contributed by atoms with Crippen molar-refractivity contribution >= 4 is 41.0 Å². The van der Waals surface area contributed by atoms with Gasteiger partial charge in [0.1, 0.15) is 18.2 Å². The van der Waals surface area contributed by atoms with Crippen molar-refractivity contribution in [2.24, 2.45) is 16.3 Å². The number of hydrogen-bond acceptors (Lipinski definition) is 3. The second-order valence-electron chi connectivity index (χ2n) is 9.49. The summed E-state index contributed by atoms with van der Waals surface area (Å²) in [4.78, 5) is 34.7. The fraction of sp³-hybridized carbons (Fsp3) is 0.269. The largest absolute Gasteiger partial charge is 0.330 e. The average molecular weight is 511 g/mol. The number of amides is 3. The average Bonchev–Trinajstić information content (AvgIpc) is 3.23. The molecule has 0 saturated carbocycles. The van der Waals surface area contributed by atoms with Crippen LogP contribution in [0.5, 0.6) is 0 Å². The molecule has 4 aliphatic rings. The molecule has 35 heavy (non-hydrogen) atoms. The van der Waals surface area contributed by atoms with E-state index in [-0.39, 0.29) is 24.3 Å². The molecule has 2 aromatic carbocycles. The zero-order valence-corrected chi connectivity index (χ0v) is 20.4. The number of amidine groups is 1. The van der Waals surface area contributed by atoms with Crippen molar-refractivity contribution in [3.8, 4) is 0 Å². The van der Waals surface area contributed by atoms with Crippen molar-refractivity contribution in [3.63, 3.8) is 0 Å². The monoisotopic (exact) mass is 510 g/mol. The lowest BCUT2D eigenvalue weighted by molar-refractivity contribution is -0.122. The SMILES string of the molecule is CC1C(F)=CC2(C)C3=C1NC(=O)CN3C(=O)N1C(c3cccc(Cl)c3)=NC(c3ccc(Cl)cc3)C12. The number of allylic oxidation sites excluding steroid dienone is 1. The summed E-state index contributed by atoms with van der Waals surface area (Å²) in [7, 11) is 0. The van der Waals surface area contributed by atoms with Crippen molar-refractivity contribution in [2.75, 3.05) is 6.54 Å². The maximum absolute atomic E-state index is 15.4. The molecule has 4 unspecified atom stereocenters. The van der Waals surface area contributed by atoms with Gasteiger partial charge in [0.2, 0.25) is 5.91 Å². The number of carbonyl (C=O) groups excluding carboxylic acids is 2. The van der Waals surface area contributed by atoms with Crippen LogP contribution in [0.2, 0.25) is 10.0 Å². The molecular weight excluding hydrogens is 490 g/mol. The molecule has 3 heterocycles. The number of urea groups is 1. The minimum absolute atomic E-state index is 0.146.